The maximum absolute atomic E-state index is 3.60. The normalized spacial score (nSPS) is 18.4. The molecule has 0 fully saturated rings. The lowest BCUT2D eigenvalue weighted by Gasteiger charge is -2.31. The van der Waals surface area contributed by atoms with Gasteiger partial charge in [0.1, 0.15) is 0 Å². The number of allylic oxidation sites excluding steroid dienone is 8. The fraction of sp³-hybridized carbons (Fsp3) is 0.333. The number of benzene rings is 1. The molecule has 0 saturated heterocycles. The van der Waals surface area contributed by atoms with Crippen LogP contribution in [0.25, 0.3) is 0 Å². The number of nitrogens with one attached hydrogen (secondary N) is 1. The molecular weight excluding hydrogens is 266 g/mol. The molecule has 0 heterocycles. The first-order chi connectivity index (χ1) is 10.7. The summed E-state index contributed by atoms with van der Waals surface area (Å²) in [6.45, 7) is 4.66. The predicted molar refractivity (Wildman–Crippen MR) is 94.5 cm³/mol. The average Bonchev–Trinajstić information content (AvgIpc) is 2.57. The van der Waals surface area contributed by atoms with Crippen molar-refractivity contribution >= 4 is 0 Å². The lowest BCUT2D eigenvalue weighted by molar-refractivity contribution is 0.581. The van der Waals surface area contributed by atoms with Crippen LogP contribution < -0.4 is 5.32 Å². The highest BCUT2D eigenvalue weighted by Gasteiger charge is 2.26. The highest BCUT2D eigenvalue weighted by molar-refractivity contribution is 5.39. The zero-order valence-electron chi connectivity index (χ0n) is 13.6. The molecule has 0 saturated carbocycles. The highest BCUT2D eigenvalue weighted by Crippen LogP contribution is 2.36. The molecule has 0 radical (unpaired) electrons. The van der Waals surface area contributed by atoms with Crippen LogP contribution in [0.2, 0.25) is 0 Å². The summed E-state index contributed by atoms with van der Waals surface area (Å²) < 4.78 is 0. The lowest BCUT2D eigenvalue weighted by Crippen LogP contribution is -2.23. The molecule has 0 bridgehead atoms. The molecule has 0 spiro atoms. The van der Waals surface area contributed by atoms with E-state index in [1.165, 1.54) is 22.5 Å². The average molecular weight is 291 g/mol. The van der Waals surface area contributed by atoms with Crippen LogP contribution in [-0.4, -0.2) is 0 Å². The Morgan fingerprint density at radius 2 is 1.64 bits per heavy atom. The molecule has 0 unspecified atom stereocenters. The van der Waals surface area contributed by atoms with Crippen molar-refractivity contribution in [2.24, 2.45) is 0 Å². The topological polar surface area (TPSA) is 12.0 Å². The first kappa shape index (κ1) is 14.9. The van der Waals surface area contributed by atoms with Gasteiger partial charge in [0, 0.05) is 16.8 Å². The zero-order valence-corrected chi connectivity index (χ0v) is 13.6. The van der Waals surface area contributed by atoms with Crippen molar-refractivity contribution < 1.29 is 0 Å². The van der Waals surface area contributed by atoms with Gasteiger partial charge in [0.2, 0.25) is 0 Å². The minimum atomic E-state index is 0.107. The minimum absolute atomic E-state index is 0.107. The second-order valence-electron chi connectivity index (χ2n) is 6.66. The van der Waals surface area contributed by atoms with Gasteiger partial charge in [0.15, 0.2) is 0 Å². The lowest BCUT2D eigenvalue weighted by atomic mass is 9.74. The summed E-state index contributed by atoms with van der Waals surface area (Å²) in [4.78, 5) is 0. The molecule has 0 aliphatic heterocycles. The Morgan fingerprint density at radius 1 is 0.864 bits per heavy atom. The molecule has 2 aliphatic carbocycles. The minimum Gasteiger partial charge on any atom is -0.362 e. The fourth-order valence-corrected chi connectivity index (χ4v) is 3.22. The second-order valence-corrected chi connectivity index (χ2v) is 6.66. The van der Waals surface area contributed by atoms with Crippen molar-refractivity contribution in [3.05, 3.63) is 83.2 Å². The van der Waals surface area contributed by atoms with Gasteiger partial charge in [0.25, 0.3) is 0 Å². The van der Waals surface area contributed by atoms with Gasteiger partial charge in [-0.15, -0.1) is 0 Å². The van der Waals surface area contributed by atoms with Gasteiger partial charge in [-0.1, -0.05) is 68.0 Å². The Morgan fingerprint density at radius 3 is 2.27 bits per heavy atom. The van der Waals surface area contributed by atoms with E-state index in [9.17, 15) is 0 Å². The van der Waals surface area contributed by atoms with Crippen molar-refractivity contribution in [1.29, 1.82) is 0 Å². The van der Waals surface area contributed by atoms with E-state index in [1.807, 2.05) is 0 Å². The van der Waals surface area contributed by atoms with Crippen molar-refractivity contribution in [2.45, 2.75) is 44.9 Å². The number of hydrogen-bond acceptors (Lipinski definition) is 1. The SMILES string of the molecule is CC(C)(C1=CC=C(NC2=CC=CCC2)CC1)c1ccccc1. The summed E-state index contributed by atoms with van der Waals surface area (Å²) in [5, 5.41) is 3.60. The Bertz CT molecular complexity index is 642. The van der Waals surface area contributed by atoms with Gasteiger partial charge in [-0.2, -0.15) is 0 Å². The standard InChI is InChI=1S/C21H25N/c1-21(2,17-9-5-3-6-10-17)18-13-15-20(16-14-18)22-19-11-7-4-8-12-19/h3-7,9-11,13,15,22H,8,12,14,16H2,1-2H3. The van der Waals surface area contributed by atoms with Gasteiger partial charge in [-0.25, -0.2) is 0 Å². The zero-order chi connectivity index (χ0) is 15.4. The molecule has 1 N–H and O–H groups in total. The van der Waals surface area contributed by atoms with E-state index in [2.05, 4.69) is 79.9 Å². The third-order valence-corrected chi connectivity index (χ3v) is 4.78. The molecular formula is C21H25N. The van der Waals surface area contributed by atoms with Crippen LogP contribution in [0.15, 0.2) is 77.7 Å². The van der Waals surface area contributed by atoms with E-state index in [1.54, 1.807) is 0 Å². The van der Waals surface area contributed by atoms with Gasteiger partial charge >= 0.3 is 0 Å². The Hall–Kier alpha value is -2.02. The summed E-state index contributed by atoms with van der Waals surface area (Å²) in [5.41, 5.74) is 5.70. The molecule has 0 aromatic heterocycles. The van der Waals surface area contributed by atoms with Crippen LogP contribution >= 0.6 is 0 Å². The largest absolute Gasteiger partial charge is 0.362 e. The van der Waals surface area contributed by atoms with Crippen LogP contribution in [0.3, 0.4) is 0 Å². The Balaban J connectivity index is 1.74. The molecule has 2 aliphatic rings. The third-order valence-electron chi connectivity index (χ3n) is 4.78. The van der Waals surface area contributed by atoms with Crippen molar-refractivity contribution in [3.63, 3.8) is 0 Å². The molecule has 22 heavy (non-hydrogen) atoms. The second kappa shape index (κ2) is 6.39. The maximum atomic E-state index is 3.60. The van der Waals surface area contributed by atoms with Crippen molar-refractivity contribution in [3.8, 4) is 0 Å². The van der Waals surface area contributed by atoms with Gasteiger partial charge < -0.3 is 5.32 Å². The molecule has 1 aromatic rings. The summed E-state index contributed by atoms with van der Waals surface area (Å²) in [5.74, 6) is 0. The van der Waals surface area contributed by atoms with Crippen molar-refractivity contribution in [1.82, 2.24) is 5.32 Å². The fourth-order valence-electron chi connectivity index (χ4n) is 3.22. The van der Waals surface area contributed by atoms with Crippen LogP contribution in [-0.2, 0) is 5.41 Å². The summed E-state index contributed by atoms with van der Waals surface area (Å²) in [6.07, 6.45) is 15.6. The molecule has 114 valence electrons. The Kier molecular flexibility index (Phi) is 4.33. The van der Waals surface area contributed by atoms with E-state index in [-0.39, 0.29) is 5.41 Å². The van der Waals surface area contributed by atoms with Crippen LogP contribution in [0.5, 0.6) is 0 Å². The van der Waals surface area contributed by atoms with E-state index in [0.29, 0.717) is 0 Å². The highest BCUT2D eigenvalue weighted by atomic mass is 14.9. The van der Waals surface area contributed by atoms with Gasteiger partial charge in [0.05, 0.1) is 0 Å². The third kappa shape index (κ3) is 3.24. The van der Waals surface area contributed by atoms with Crippen LogP contribution in [0, 0.1) is 0 Å². The monoisotopic (exact) mass is 291 g/mol. The van der Waals surface area contributed by atoms with Gasteiger partial charge in [-0.3, -0.25) is 0 Å². The smallest absolute Gasteiger partial charge is 0.0151 e. The van der Waals surface area contributed by atoms with Crippen LogP contribution in [0.4, 0.5) is 0 Å². The van der Waals surface area contributed by atoms with Crippen LogP contribution in [0.1, 0.15) is 45.1 Å². The summed E-state index contributed by atoms with van der Waals surface area (Å²) in [7, 11) is 0. The first-order valence-electron chi connectivity index (χ1n) is 8.25. The van der Waals surface area contributed by atoms with E-state index in [4.69, 9.17) is 0 Å². The van der Waals surface area contributed by atoms with E-state index < -0.39 is 0 Å². The molecule has 1 nitrogen and oxygen atoms in total. The maximum Gasteiger partial charge on any atom is 0.0151 e. The first-order valence-corrected chi connectivity index (χ1v) is 8.25. The molecule has 0 amide bonds. The van der Waals surface area contributed by atoms with Gasteiger partial charge in [-0.05, 0) is 43.4 Å². The summed E-state index contributed by atoms with van der Waals surface area (Å²) >= 11 is 0. The number of rotatable bonds is 4. The molecule has 3 rings (SSSR count). The van der Waals surface area contributed by atoms with E-state index >= 15 is 0 Å². The van der Waals surface area contributed by atoms with E-state index in [0.717, 1.165) is 25.7 Å². The predicted octanol–water partition coefficient (Wildman–Crippen LogP) is 5.39. The summed E-state index contributed by atoms with van der Waals surface area (Å²) in [6, 6.07) is 10.8. The molecule has 0 atom stereocenters. The molecule has 1 heteroatoms. The quantitative estimate of drug-likeness (QED) is 0.784. The molecule has 1 aromatic carbocycles. The Labute approximate surface area is 134 Å². The number of hydrogen-bond donors (Lipinski definition) is 1. The van der Waals surface area contributed by atoms with Crippen molar-refractivity contribution in [2.75, 3.05) is 0 Å².